The number of hydrogen-bond acceptors (Lipinski definition) is 3. The molecule has 0 atom stereocenters. The first-order valence-corrected chi connectivity index (χ1v) is 6.00. The Bertz CT molecular complexity index is 458. The number of hydrogen-bond donors (Lipinski definition) is 2. The smallest absolute Gasteiger partial charge is 0.407 e. The lowest BCUT2D eigenvalue weighted by molar-refractivity contribution is 0.0952. The van der Waals surface area contributed by atoms with Gasteiger partial charge in [-0.1, -0.05) is 30.9 Å². The van der Waals surface area contributed by atoms with Crippen LogP contribution in [0.1, 0.15) is 15.9 Å². The van der Waals surface area contributed by atoms with Crippen LogP contribution in [0.25, 0.3) is 0 Å². The van der Waals surface area contributed by atoms with Crippen LogP contribution in [-0.2, 0) is 4.74 Å². The van der Waals surface area contributed by atoms with E-state index in [4.69, 9.17) is 4.74 Å². The fourth-order valence-corrected chi connectivity index (χ4v) is 1.45. The van der Waals surface area contributed by atoms with Gasteiger partial charge in [-0.05, 0) is 18.6 Å². The maximum Gasteiger partial charge on any atom is 0.407 e. The topological polar surface area (TPSA) is 67.4 Å². The van der Waals surface area contributed by atoms with Crippen molar-refractivity contribution in [2.45, 2.75) is 6.92 Å². The third-order valence-corrected chi connectivity index (χ3v) is 2.40. The molecule has 0 aliphatic carbocycles. The molecule has 0 fully saturated rings. The molecule has 2 amide bonds. The van der Waals surface area contributed by atoms with Crippen LogP contribution in [0.4, 0.5) is 4.79 Å². The summed E-state index contributed by atoms with van der Waals surface area (Å²) in [6, 6.07) is 7.33. The summed E-state index contributed by atoms with van der Waals surface area (Å²) in [5, 5.41) is 5.24. The molecule has 0 heterocycles. The van der Waals surface area contributed by atoms with Gasteiger partial charge in [-0.3, -0.25) is 4.79 Å². The largest absolute Gasteiger partial charge is 0.445 e. The van der Waals surface area contributed by atoms with Crippen molar-refractivity contribution >= 4 is 12.0 Å². The number of aryl methyl sites for hydroxylation is 1. The summed E-state index contributed by atoms with van der Waals surface area (Å²) >= 11 is 0. The van der Waals surface area contributed by atoms with Crippen LogP contribution in [0.5, 0.6) is 0 Å². The van der Waals surface area contributed by atoms with Gasteiger partial charge in [-0.2, -0.15) is 0 Å². The Hall–Kier alpha value is -2.30. The Morgan fingerprint density at radius 1 is 1.26 bits per heavy atom. The average Bonchev–Trinajstić information content (AvgIpc) is 2.41. The van der Waals surface area contributed by atoms with E-state index < -0.39 is 6.09 Å². The van der Waals surface area contributed by atoms with E-state index in [1.807, 2.05) is 25.1 Å². The SMILES string of the molecule is C=CCOC(=O)NCCNC(=O)c1ccccc1C. The summed E-state index contributed by atoms with van der Waals surface area (Å²) in [6.07, 6.45) is 0.963. The van der Waals surface area contributed by atoms with Gasteiger partial charge in [-0.15, -0.1) is 0 Å². The second kappa shape index (κ2) is 7.92. The van der Waals surface area contributed by atoms with E-state index in [1.165, 1.54) is 6.08 Å². The van der Waals surface area contributed by atoms with Crippen LogP contribution in [0.15, 0.2) is 36.9 Å². The maximum absolute atomic E-state index is 11.8. The molecule has 0 saturated heterocycles. The average molecular weight is 262 g/mol. The fourth-order valence-electron chi connectivity index (χ4n) is 1.45. The number of alkyl carbamates (subject to hydrolysis) is 1. The molecule has 0 aliphatic heterocycles. The molecule has 0 aliphatic rings. The van der Waals surface area contributed by atoms with E-state index in [0.29, 0.717) is 18.7 Å². The van der Waals surface area contributed by atoms with Gasteiger partial charge in [0, 0.05) is 18.7 Å². The van der Waals surface area contributed by atoms with Gasteiger partial charge in [-0.25, -0.2) is 4.79 Å². The first-order valence-electron chi connectivity index (χ1n) is 6.00. The molecular weight excluding hydrogens is 244 g/mol. The first-order chi connectivity index (χ1) is 9.15. The molecule has 0 aromatic heterocycles. The number of carbonyl (C=O) groups is 2. The summed E-state index contributed by atoms with van der Waals surface area (Å²) in [5.41, 5.74) is 1.55. The second-order valence-electron chi connectivity index (χ2n) is 3.88. The minimum absolute atomic E-state index is 0.153. The van der Waals surface area contributed by atoms with E-state index in [9.17, 15) is 9.59 Å². The molecule has 2 N–H and O–H groups in total. The van der Waals surface area contributed by atoms with Gasteiger partial charge >= 0.3 is 6.09 Å². The summed E-state index contributed by atoms with van der Waals surface area (Å²) in [4.78, 5) is 22.9. The van der Waals surface area contributed by atoms with Crippen LogP contribution >= 0.6 is 0 Å². The number of nitrogens with one attached hydrogen (secondary N) is 2. The van der Waals surface area contributed by atoms with Crippen molar-refractivity contribution in [3.63, 3.8) is 0 Å². The third-order valence-electron chi connectivity index (χ3n) is 2.40. The Labute approximate surface area is 112 Å². The molecule has 1 aromatic carbocycles. The van der Waals surface area contributed by atoms with Crippen molar-refractivity contribution in [1.82, 2.24) is 10.6 Å². The van der Waals surface area contributed by atoms with Gasteiger partial charge < -0.3 is 15.4 Å². The van der Waals surface area contributed by atoms with Gasteiger partial charge in [0.15, 0.2) is 0 Å². The molecule has 0 bridgehead atoms. The van der Waals surface area contributed by atoms with Crippen molar-refractivity contribution in [1.29, 1.82) is 0 Å². The van der Waals surface area contributed by atoms with Crippen LogP contribution in [0.3, 0.4) is 0 Å². The van der Waals surface area contributed by atoms with Crippen molar-refractivity contribution in [3.8, 4) is 0 Å². The monoisotopic (exact) mass is 262 g/mol. The maximum atomic E-state index is 11.8. The highest BCUT2D eigenvalue weighted by molar-refractivity contribution is 5.95. The van der Waals surface area contributed by atoms with E-state index in [1.54, 1.807) is 6.07 Å². The Morgan fingerprint density at radius 3 is 2.63 bits per heavy atom. The van der Waals surface area contributed by atoms with Crippen LogP contribution in [0.2, 0.25) is 0 Å². The minimum atomic E-state index is -0.523. The zero-order chi connectivity index (χ0) is 14.1. The predicted octanol–water partition coefficient (Wildman–Crippen LogP) is 1.64. The van der Waals surface area contributed by atoms with Crippen molar-refractivity contribution in [2.24, 2.45) is 0 Å². The standard InChI is InChI=1S/C14H18N2O3/c1-3-10-19-14(18)16-9-8-15-13(17)12-7-5-4-6-11(12)2/h3-7H,1,8-10H2,2H3,(H,15,17)(H,16,18). The van der Waals surface area contributed by atoms with Crippen molar-refractivity contribution in [3.05, 3.63) is 48.0 Å². The molecule has 0 spiro atoms. The van der Waals surface area contributed by atoms with Crippen LogP contribution < -0.4 is 10.6 Å². The normalized spacial score (nSPS) is 9.53. The van der Waals surface area contributed by atoms with Crippen molar-refractivity contribution < 1.29 is 14.3 Å². The summed E-state index contributed by atoms with van der Waals surface area (Å²) in [6.45, 7) is 6.13. The number of ether oxygens (including phenoxy) is 1. The van der Waals surface area contributed by atoms with Crippen molar-refractivity contribution in [2.75, 3.05) is 19.7 Å². The molecule has 19 heavy (non-hydrogen) atoms. The number of rotatable bonds is 6. The second-order valence-corrected chi connectivity index (χ2v) is 3.88. The predicted molar refractivity (Wildman–Crippen MR) is 73.1 cm³/mol. The van der Waals surface area contributed by atoms with E-state index in [-0.39, 0.29) is 12.5 Å². The lowest BCUT2D eigenvalue weighted by Gasteiger charge is -2.08. The molecular formula is C14H18N2O3. The number of benzene rings is 1. The van der Waals surface area contributed by atoms with E-state index in [2.05, 4.69) is 17.2 Å². The molecule has 0 unspecified atom stereocenters. The molecule has 0 radical (unpaired) electrons. The molecule has 5 heteroatoms. The fraction of sp³-hybridized carbons (Fsp3) is 0.286. The third kappa shape index (κ3) is 5.25. The van der Waals surface area contributed by atoms with Gasteiger partial charge in [0.25, 0.3) is 5.91 Å². The molecule has 1 rings (SSSR count). The quantitative estimate of drug-likeness (QED) is 0.605. The highest BCUT2D eigenvalue weighted by Gasteiger charge is 2.07. The highest BCUT2D eigenvalue weighted by atomic mass is 16.5. The highest BCUT2D eigenvalue weighted by Crippen LogP contribution is 2.05. The summed E-state index contributed by atoms with van der Waals surface area (Å²) in [7, 11) is 0. The van der Waals surface area contributed by atoms with E-state index >= 15 is 0 Å². The van der Waals surface area contributed by atoms with E-state index in [0.717, 1.165) is 5.56 Å². The summed E-state index contributed by atoms with van der Waals surface area (Å²) in [5.74, 6) is -0.153. The van der Waals surface area contributed by atoms with Gasteiger partial charge in [0.05, 0.1) is 0 Å². The minimum Gasteiger partial charge on any atom is -0.445 e. The lowest BCUT2D eigenvalue weighted by Crippen LogP contribution is -2.35. The Kier molecular flexibility index (Phi) is 6.15. The Morgan fingerprint density at radius 2 is 1.95 bits per heavy atom. The summed E-state index contributed by atoms with van der Waals surface area (Å²) < 4.78 is 4.72. The number of amides is 2. The van der Waals surface area contributed by atoms with Crippen LogP contribution in [-0.4, -0.2) is 31.7 Å². The zero-order valence-electron chi connectivity index (χ0n) is 10.9. The first kappa shape index (κ1) is 14.8. The zero-order valence-corrected chi connectivity index (χ0v) is 10.9. The van der Waals surface area contributed by atoms with Gasteiger partial charge in [0.2, 0.25) is 0 Å². The molecule has 0 saturated carbocycles. The lowest BCUT2D eigenvalue weighted by atomic mass is 10.1. The van der Waals surface area contributed by atoms with Gasteiger partial charge in [0.1, 0.15) is 6.61 Å². The van der Waals surface area contributed by atoms with Crippen LogP contribution in [0, 0.1) is 6.92 Å². The Balaban J connectivity index is 2.26. The number of carbonyl (C=O) groups excluding carboxylic acids is 2. The molecule has 102 valence electrons. The molecule has 1 aromatic rings. The molecule has 5 nitrogen and oxygen atoms in total.